The van der Waals surface area contributed by atoms with Gasteiger partial charge in [-0.05, 0) is 31.2 Å². The first-order chi connectivity index (χ1) is 10.4. The third-order valence-electron chi connectivity index (χ3n) is 3.08. The summed E-state index contributed by atoms with van der Waals surface area (Å²) in [6, 6.07) is 2.52. The van der Waals surface area contributed by atoms with Crippen LogP contribution in [-0.2, 0) is 10.0 Å². The average Bonchev–Trinajstić information content (AvgIpc) is 2.48. The number of hydrogen-bond acceptors (Lipinski definition) is 4. The van der Waals surface area contributed by atoms with Crippen LogP contribution in [0.15, 0.2) is 34.7 Å². The van der Waals surface area contributed by atoms with Crippen molar-refractivity contribution in [2.24, 2.45) is 0 Å². The van der Waals surface area contributed by atoms with Gasteiger partial charge in [0.05, 0.1) is 4.90 Å². The minimum atomic E-state index is -3.92. The van der Waals surface area contributed by atoms with Gasteiger partial charge in [-0.3, -0.25) is 0 Å². The van der Waals surface area contributed by atoms with E-state index in [0.29, 0.717) is 12.6 Å². The molecular weight excluding hydrogens is 321 g/mol. The van der Waals surface area contributed by atoms with E-state index in [1.807, 2.05) is 6.08 Å². The molecule has 1 aromatic rings. The zero-order valence-electron chi connectivity index (χ0n) is 11.5. The summed E-state index contributed by atoms with van der Waals surface area (Å²) in [6.07, 6.45) is 2.60. The molecule has 5 nitrogen and oxygen atoms in total. The minimum absolute atomic E-state index is 0.126. The fraction of sp³-hybridized carbons (Fsp3) is 0.385. The van der Waals surface area contributed by atoms with Crippen LogP contribution in [0.2, 0.25) is 0 Å². The van der Waals surface area contributed by atoms with Gasteiger partial charge < -0.3 is 10.1 Å². The number of halogens is 3. The Kier molecular flexibility index (Phi) is 5.43. The Labute approximate surface area is 126 Å². The van der Waals surface area contributed by atoms with E-state index in [2.05, 4.69) is 14.8 Å². The highest BCUT2D eigenvalue weighted by atomic mass is 32.2. The molecule has 0 aliphatic carbocycles. The maximum atomic E-state index is 13.6. The highest BCUT2D eigenvalue weighted by Crippen LogP contribution is 2.22. The van der Waals surface area contributed by atoms with Crippen molar-refractivity contribution in [3.05, 3.63) is 35.7 Å². The van der Waals surface area contributed by atoms with E-state index in [-0.39, 0.29) is 11.4 Å². The summed E-state index contributed by atoms with van der Waals surface area (Å²) in [7, 11) is -3.92. The quantitative estimate of drug-likeness (QED) is 0.775. The lowest BCUT2D eigenvalue weighted by Crippen LogP contribution is -2.29. The van der Waals surface area contributed by atoms with Crippen molar-refractivity contribution < 1.29 is 26.3 Å². The van der Waals surface area contributed by atoms with Gasteiger partial charge >= 0.3 is 6.61 Å². The minimum Gasteiger partial charge on any atom is -0.432 e. The van der Waals surface area contributed by atoms with Crippen LogP contribution in [-0.4, -0.2) is 34.7 Å². The monoisotopic (exact) mass is 336 g/mol. The van der Waals surface area contributed by atoms with Crippen LogP contribution in [0, 0.1) is 5.82 Å². The van der Waals surface area contributed by atoms with Gasteiger partial charge in [0.15, 0.2) is 11.6 Å². The molecule has 2 rings (SSSR count). The molecule has 9 heteroatoms. The van der Waals surface area contributed by atoms with Gasteiger partial charge in [-0.15, -0.1) is 0 Å². The first kappa shape index (κ1) is 16.8. The van der Waals surface area contributed by atoms with Crippen molar-refractivity contribution in [1.29, 1.82) is 0 Å². The number of sulfonamides is 1. The van der Waals surface area contributed by atoms with Crippen LogP contribution in [0.3, 0.4) is 0 Å². The molecule has 0 spiro atoms. The third-order valence-corrected chi connectivity index (χ3v) is 4.48. The lowest BCUT2D eigenvalue weighted by atomic mass is 10.1. The van der Waals surface area contributed by atoms with Crippen molar-refractivity contribution in [2.45, 2.75) is 17.9 Å². The first-order valence-corrected chi connectivity index (χ1v) is 7.99. The molecule has 1 aliphatic rings. The Morgan fingerprint density at radius 2 is 2.14 bits per heavy atom. The van der Waals surface area contributed by atoms with Gasteiger partial charge in [-0.25, -0.2) is 17.5 Å². The fourth-order valence-electron chi connectivity index (χ4n) is 1.94. The molecule has 2 N–H and O–H groups in total. The molecule has 0 fully saturated rings. The molecule has 0 radical (unpaired) electrons. The highest BCUT2D eigenvalue weighted by Gasteiger charge is 2.18. The molecule has 0 amide bonds. The maximum Gasteiger partial charge on any atom is 0.387 e. The number of benzene rings is 1. The van der Waals surface area contributed by atoms with E-state index in [9.17, 15) is 21.6 Å². The predicted molar refractivity (Wildman–Crippen MR) is 73.8 cm³/mol. The van der Waals surface area contributed by atoms with E-state index in [1.165, 1.54) is 0 Å². The number of hydrogen-bond donors (Lipinski definition) is 2. The number of rotatable bonds is 6. The van der Waals surface area contributed by atoms with Crippen molar-refractivity contribution in [3.8, 4) is 5.75 Å². The SMILES string of the molecule is O=S(=O)(NCC1=CCNCC1)c1ccc(OC(F)F)c(F)c1. The Balaban J connectivity index is 2.08. The Morgan fingerprint density at radius 1 is 1.36 bits per heavy atom. The smallest absolute Gasteiger partial charge is 0.387 e. The molecule has 122 valence electrons. The van der Waals surface area contributed by atoms with Gasteiger partial charge in [0.1, 0.15) is 0 Å². The molecule has 0 atom stereocenters. The van der Waals surface area contributed by atoms with E-state index < -0.39 is 28.2 Å². The second-order valence-corrected chi connectivity index (χ2v) is 6.38. The summed E-state index contributed by atoms with van der Waals surface area (Å²) in [5.74, 6) is -1.86. The van der Waals surface area contributed by atoms with E-state index in [4.69, 9.17) is 0 Å². The normalized spacial score (nSPS) is 15.7. The van der Waals surface area contributed by atoms with Gasteiger partial charge in [0.2, 0.25) is 10.0 Å². The summed E-state index contributed by atoms with van der Waals surface area (Å²) < 4.78 is 68.0. The summed E-state index contributed by atoms with van der Waals surface area (Å²) >= 11 is 0. The molecule has 22 heavy (non-hydrogen) atoms. The summed E-state index contributed by atoms with van der Waals surface area (Å²) in [5.41, 5.74) is 0.931. The first-order valence-electron chi connectivity index (χ1n) is 6.51. The zero-order valence-corrected chi connectivity index (χ0v) is 12.3. The fourth-order valence-corrected chi connectivity index (χ4v) is 2.99. The van der Waals surface area contributed by atoms with Crippen molar-refractivity contribution in [1.82, 2.24) is 10.0 Å². The molecule has 1 aromatic carbocycles. The summed E-state index contributed by atoms with van der Waals surface area (Å²) in [5, 5.41) is 3.09. The van der Waals surface area contributed by atoms with E-state index in [0.717, 1.165) is 30.7 Å². The standard InChI is InChI=1S/C13H15F3N2O3S/c14-11-7-10(1-2-12(11)21-13(15)16)22(19,20)18-8-9-3-5-17-6-4-9/h1-3,7,13,17-18H,4-6,8H2. The molecule has 0 unspecified atom stereocenters. The molecule has 0 saturated carbocycles. The van der Waals surface area contributed by atoms with Crippen LogP contribution in [0.25, 0.3) is 0 Å². The Morgan fingerprint density at radius 3 is 2.73 bits per heavy atom. The molecule has 0 aromatic heterocycles. The number of nitrogens with one attached hydrogen (secondary N) is 2. The molecule has 1 heterocycles. The topological polar surface area (TPSA) is 67.4 Å². The van der Waals surface area contributed by atoms with Crippen molar-refractivity contribution in [3.63, 3.8) is 0 Å². The summed E-state index contributed by atoms with van der Waals surface area (Å²) in [6.45, 7) is -1.62. The van der Waals surface area contributed by atoms with Gasteiger partial charge in [-0.1, -0.05) is 11.6 Å². The molecular formula is C13H15F3N2O3S. The predicted octanol–water partition coefficient (Wildman–Crippen LogP) is 1.63. The molecule has 0 saturated heterocycles. The van der Waals surface area contributed by atoms with Crippen LogP contribution < -0.4 is 14.8 Å². The average molecular weight is 336 g/mol. The van der Waals surface area contributed by atoms with E-state index in [1.54, 1.807) is 0 Å². The highest BCUT2D eigenvalue weighted by molar-refractivity contribution is 7.89. The van der Waals surface area contributed by atoms with Gasteiger partial charge in [0.25, 0.3) is 0 Å². The zero-order chi connectivity index (χ0) is 16.2. The summed E-state index contributed by atoms with van der Waals surface area (Å²) in [4.78, 5) is -0.346. The van der Waals surface area contributed by atoms with Crippen molar-refractivity contribution in [2.75, 3.05) is 19.6 Å². The largest absolute Gasteiger partial charge is 0.432 e. The van der Waals surface area contributed by atoms with Crippen LogP contribution >= 0.6 is 0 Å². The molecule has 0 bridgehead atoms. The number of alkyl halides is 2. The van der Waals surface area contributed by atoms with Crippen LogP contribution in [0.1, 0.15) is 6.42 Å². The van der Waals surface area contributed by atoms with E-state index >= 15 is 0 Å². The van der Waals surface area contributed by atoms with Crippen molar-refractivity contribution >= 4 is 10.0 Å². The van der Waals surface area contributed by atoms with Gasteiger partial charge in [0, 0.05) is 13.1 Å². The maximum absolute atomic E-state index is 13.6. The van der Waals surface area contributed by atoms with Gasteiger partial charge in [-0.2, -0.15) is 8.78 Å². The lowest BCUT2D eigenvalue weighted by Gasteiger charge is -2.15. The third kappa shape index (κ3) is 4.46. The second kappa shape index (κ2) is 7.12. The molecule has 1 aliphatic heterocycles. The second-order valence-electron chi connectivity index (χ2n) is 4.61. The van der Waals surface area contributed by atoms with Crippen LogP contribution in [0.4, 0.5) is 13.2 Å². The lowest BCUT2D eigenvalue weighted by molar-refractivity contribution is -0.0522. The number of ether oxygens (including phenoxy) is 1. The Bertz CT molecular complexity index is 662. The Hall–Kier alpha value is -1.58. The van der Waals surface area contributed by atoms with Crippen LogP contribution in [0.5, 0.6) is 5.75 Å².